The summed E-state index contributed by atoms with van der Waals surface area (Å²) >= 11 is 1.76. The highest BCUT2D eigenvalue weighted by molar-refractivity contribution is 7.99. The zero-order valence-electron chi connectivity index (χ0n) is 8.77. The molecule has 1 saturated heterocycles. The van der Waals surface area contributed by atoms with Gasteiger partial charge >= 0.3 is 11.9 Å². The number of esters is 1. The van der Waals surface area contributed by atoms with Crippen molar-refractivity contribution in [2.45, 2.75) is 19.3 Å². The normalized spacial score (nSPS) is 26.7. The first-order chi connectivity index (χ1) is 7.15. The minimum Gasteiger partial charge on any atom is -0.481 e. The smallest absolute Gasteiger partial charge is 0.306 e. The van der Waals surface area contributed by atoms with Crippen molar-refractivity contribution < 1.29 is 19.4 Å². The highest BCUT2D eigenvalue weighted by Crippen LogP contribution is 2.30. The summed E-state index contributed by atoms with van der Waals surface area (Å²) in [5.74, 6) is 0.258. The molecule has 0 saturated carbocycles. The SMILES string of the molecule is COC(=O)C[C@H]1CCSCC[C@H]1C(=O)O. The van der Waals surface area contributed by atoms with Crippen LogP contribution in [0.2, 0.25) is 0 Å². The molecule has 0 spiro atoms. The van der Waals surface area contributed by atoms with Crippen LogP contribution in [0.3, 0.4) is 0 Å². The van der Waals surface area contributed by atoms with Gasteiger partial charge < -0.3 is 9.84 Å². The van der Waals surface area contributed by atoms with Crippen LogP contribution in [0, 0.1) is 11.8 Å². The van der Waals surface area contributed by atoms with Gasteiger partial charge in [0.05, 0.1) is 13.0 Å². The topological polar surface area (TPSA) is 63.6 Å². The van der Waals surface area contributed by atoms with E-state index in [0.29, 0.717) is 6.42 Å². The fraction of sp³-hybridized carbons (Fsp3) is 0.800. The number of hydrogen-bond donors (Lipinski definition) is 1. The first-order valence-electron chi connectivity index (χ1n) is 5.02. The third-order valence-corrected chi connectivity index (χ3v) is 3.80. The van der Waals surface area contributed by atoms with E-state index in [0.717, 1.165) is 17.9 Å². The standard InChI is InChI=1S/C10H16O4S/c1-14-9(11)6-7-2-4-15-5-3-8(7)10(12)13/h7-8H,2-6H2,1H3,(H,12,13)/t7-,8-/m1/s1. The molecule has 0 radical (unpaired) electrons. The van der Waals surface area contributed by atoms with Gasteiger partial charge in [-0.25, -0.2) is 0 Å². The maximum atomic E-state index is 11.1. The molecule has 0 aromatic heterocycles. The molecule has 86 valence electrons. The zero-order valence-corrected chi connectivity index (χ0v) is 9.59. The fourth-order valence-corrected chi connectivity index (χ4v) is 2.94. The van der Waals surface area contributed by atoms with E-state index in [4.69, 9.17) is 5.11 Å². The van der Waals surface area contributed by atoms with Gasteiger partial charge in [-0.1, -0.05) is 0 Å². The quantitative estimate of drug-likeness (QED) is 0.745. The zero-order chi connectivity index (χ0) is 11.3. The Morgan fingerprint density at radius 1 is 1.40 bits per heavy atom. The number of rotatable bonds is 3. The minimum atomic E-state index is -0.786. The van der Waals surface area contributed by atoms with E-state index in [1.54, 1.807) is 11.8 Å². The summed E-state index contributed by atoms with van der Waals surface area (Å²) in [7, 11) is 1.34. The number of hydrogen-bond acceptors (Lipinski definition) is 4. The number of ether oxygens (including phenoxy) is 1. The Kier molecular flexibility index (Phi) is 4.94. The summed E-state index contributed by atoms with van der Waals surface area (Å²) in [6, 6.07) is 0. The molecule has 0 unspecified atom stereocenters. The molecule has 1 aliphatic heterocycles. The molecule has 4 nitrogen and oxygen atoms in total. The second-order valence-corrected chi connectivity index (χ2v) is 4.90. The molecule has 0 amide bonds. The molecule has 0 bridgehead atoms. The van der Waals surface area contributed by atoms with Crippen molar-refractivity contribution >= 4 is 23.7 Å². The Hall–Kier alpha value is -0.710. The molecular formula is C10H16O4S. The van der Waals surface area contributed by atoms with E-state index < -0.39 is 5.97 Å². The summed E-state index contributed by atoms with van der Waals surface area (Å²) in [5, 5.41) is 9.06. The first-order valence-corrected chi connectivity index (χ1v) is 6.18. The number of carbonyl (C=O) groups excluding carboxylic acids is 1. The number of thioether (sulfide) groups is 1. The lowest BCUT2D eigenvalue weighted by Crippen LogP contribution is -2.26. The van der Waals surface area contributed by atoms with E-state index in [1.807, 2.05) is 0 Å². The monoisotopic (exact) mass is 232 g/mol. The van der Waals surface area contributed by atoms with Crippen LogP contribution in [0.25, 0.3) is 0 Å². The Morgan fingerprint density at radius 2 is 2.07 bits per heavy atom. The maximum Gasteiger partial charge on any atom is 0.306 e. The number of carbonyl (C=O) groups is 2. The van der Waals surface area contributed by atoms with Crippen molar-refractivity contribution in [1.82, 2.24) is 0 Å². The van der Waals surface area contributed by atoms with Crippen molar-refractivity contribution in [2.75, 3.05) is 18.6 Å². The molecular weight excluding hydrogens is 216 g/mol. The molecule has 5 heteroatoms. The average molecular weight is 232 g/mol. The predicted octanol–water partition coefficient (Wildman–Crippen LogP) is 1.39. The summed E-state index contributed by atoms with van der Waals surface area (Å²) in [5.41, 5.74) is 0. The van der Waals surface area contributed by atoms with Crippen LogP contribution in [0.1, 0.15) is 19.3 Å². The Labute approximate surface area is 93.4 Å². The van der Waals surface area contributed by atoms with Crippen molar-refractivity contribution in [2.24, 2.45) is 11.8 Å². The summed E-state index contributed by atoms with van der Waals surface area (Å²) in [6.07, 6.45) is 1.67. The molecule has 1 fully saturated rings. The summed E-state index contributed by atoms with van der Waals surface area (Å²) in [4.78, 5) is 22.2. The third kappa shape index (κ3) is 3.74. The van der Waals surface area contributed by atoms with Crippen molar-refractivity contribution in [1.29, 1.82) is 0 Å². The molecule has 0 aromatic carbocycles. The van der Waals surface area contributed by atoms with Crippen molar-refractivity contribution in [3.05, 3.63) is 0 Å². The van der Waals surface area contributed by atoms with Gasteiger partial charge in [-0.15, -0.1) is 0 Å². The van der Waals surface area contributed by atoms with Crippen LogP contribution < -0.4 is 0 Å². The first kappa shape index (κ1) is 12.4. The molecule has 1 N–H and O–H groups in total. The van der Waals surface area contributed by atoms with Gasteiger partial charge in [0, 0.05) is 6.42 Å². The van der Waals surface area contributed by atoms with Crippen LogP contribution in [0.15, 0.2) is 0 Å². The van der Waals surface area contributed by atoms with Gasteiger partial charge in [-0.3, -0.25) is 9.59 Å². The second-order valence-electron chi connectivity index (χ2n) is 3.67. The van der Waals surface area contributed by atoms with Crippen LogP contribution in [0.4, 0.5) is 0 Å². The molecule has 0 aliphatic carbocycles. The van der Waals surface area contributed by atoms with Gasteiger partial charge in [0.15, 0.2) is 0 Å². The largest absolute Gasteiger partial charge is 0.481 e. The summed E-state index contributed by atoms with van der Waals surface area (Å²) in [6.45, 7) is 0. The molecule has 1 aliphatic rings. The Balaban J connectivity index is 2.61. The minimum absolute atomic E-state index is 0.0649. The molecule has 2 atom stereocenters. The average Bonchev–Trinajstić information content (AvgIpc) is 2.43. The number of methoxy groups -OCH3 is 1. The summed E-state index contributed by atoms with van der Waals surface area (Å²) < 4.78 is 4.58. The van der Waals surface area contributed by atoms with E-state index in [9.17, 15) is 9.59 Å². The van der Waals surface area contributed by atoms with Crippen LogP contribution in [-0.2, 0) is 14.3 Å². The Bertz CT molecular complexity index is 242. The highest BCUT2D eigenvalue weighted by atomic mass is 32.2. The van der Waals surface area contributed by atoms with Gasteiger partial charge in [0.25, 0.3) is 0 Å². The molecule has 1 heterocycles. The van der Waals surface area contributed by atoms with Crippen molar-refractivity contribution in [3.8, 4) is 0 Å². The number of aliphatic carboxylic acids is 1. The van der Waals surface area contributed by atoms with E-state index in [2.05, 4.69) is 4.74 Å². The predicted molar refractivity (Wildman–Crippen MR) is 57.8 cm³/mol. The fourth-order valence-electron chi connectivity index (χ4n) is 1.85. The highest BCUT2D eigenvalue weighted by Gasteiger charge is 2.31. The van der Waals surface area contributed by atoms with Crippen LogP contribution >= 0.6 is 11.8 Å². The van der Waals surface area contributed by atoms with Gasteiger partial charge in [-0.05, 0) is 30.3 Å². The van der Waals surface area contributed by atoms with E-state index in [1.165, 1.54) is 7.11 Å². The van der Waals surface area contributed by atoms with E-state index in [-0.39, 0.29) is 24.2 Å². The number of carboxylic acid groups (broad SMARTS) is 1. The van der Waals surface area contributed by atoms with E-state index >= 15 is 0 Å². The lowest BCUT2D eigenvalue weighted by atomic mass is 9.85. The molecule has 0 aromatic rings. The maximum absolute atomic E-state index is 11.1. The Morgan fingerprint density at radius 3 is 2.67 bits per heavy atom. The van der Waals surface area contributed by atoms with Crippen LogP contribution in [-0.4, -0.2) is 35.7 Å². The third-order valence-electron chi connectivity index (χ3n) is 2.75. The molecule has 1 rings (SSSR count). The van der Waals surface area contributed by atoms with Gasteiger partial charge in [0.1, 0.15) is 0 Å². The van der Waals surface area contributed by atoms with Crippen molar-refractivity contribution in [3.63, 3.8) is 0 Å². The second kappa shape index (κ2) is 6.00. The lowest BCUT2D eigenvalue weighted by Gasteiger charge is -2.19. The van der Waals surface area contributed by atoms with Gasteiger partial charge in [0.2, 0.25) is 0 Å². The molecule has 15 heavy (non-hydrogen) atoms. The van der Waals surface area contributed by atoms with Crippen LogP contribution in [0.5, 0.6) is 0 Å². The lowest BCUT2D eigenvalue weighted by molar-refractivity contribution is -0.146. The number of carboxylic acids is 1. The van der Waals surface area contributed by atoms with Gasteiger partial charge in [-0.2, -0.15) is 11.8 Å².